The predicted octanol–water partition coefficient (Wildman–Crippen LogP) is -0.854. The summed E-state index contributed by atoms with van der Waals surface area (Å²) in [6, 6.07) is 0. The van der Waals surface area contributed by atoms with Gasteiger partial charge in [0.2, 0.25) is 0 Å². The third-order valence-corrected chi connectivity index (χ3v) is 0.522. The molecule has 0 aliphatic carbocycles. The van der Waals surface area contributed by atoms with Gasteiger partial charge in [0.1, 0.15) is 5.55 Å². The minimum absolute atomic E-state index is 0.635. The summed E-state index contributed by atoms with van der Waals surface area (Å²) in [5, 5.41) is 10.4. The molecule has 0 saturated carbocycles. The highest BCUT2D eigenvalue weighted by Crippen LogP contribution is 1.61. The highest BCUT2D eigenvalue weighted by Gasteiger charge is 1.78. The monoisotopic (exact) mass is 140 g/mol. The van der Waals surface area contributed by atoms with E-state index in [0.717, 1.165) is 0 Å². The molecule has 0 aromatic rings. The molecule has 8 heavy (non-hydrogen) atoms. The van der Waals surface area contributed by atoms with Crippen molar-refractivity contribution in [2.75, 3.05) is 0 Å². The molecule has 0 bridgehead atoms. The number of hydrogen-bond donors (Lipinski definition) is 3. The summed E-state index contributed by atoms with van der Waals surface area (Å²) in [7, 11) is 0. The van der Waals surface area contributed by atoms with Gasteiger partial charge in [-0.15, -0.1) is 5.10 Å². The second kappa shape index (κ2) is 4.65. The molecule has 0 aromatic carbocycles. The summed E-state index contributed by atoms with van der Waals surface area (Å²) in [5.74, 6) is 0. The number of hydrazone groups is 1. The highest BCUT2D eigenvalue weighted by atomic mass is 32.2. The maximum Gasteiger partial charge on any atom is 0.199 e. The average Bonchev–Trinajstić information content (AvgIpc) is 1.66. The SMILES string of the molecule is O=S(O)C=NNOO. The van der Waals surface area contributed by atoms with Crippen molar-refractivity contribution >= 4 is 16.6 Å². The maximum atomic E-state index is 9.66. The van der Waals surface area contributed by atoms with Crippen LogP contribution in [0.2, 0.25) is 0 Å². The van der Waals surface area contributed by atoms with Crippen molar-refractivity contribution in [1.82, 2.24) is 5.59 Å². The first kappa shape index (κ1) is 7.50. The minimum Gasteiger partial charge on any atom is -0.301 e. The molecule has 0 rings (SSSR count). The molecule has 1 unspecified atom stereocenters. The fourth-order valence-corrected chi connectivity index (χ4v) is 0.223. The number of nitrogens with one attached hydrogen (secondary N) is 1. The molecule has 0 aliphatic rings. The van der Waals surface area contributed by atoms with Crippen LogP contribution in [-0.4, -0.2) is 19.6 Å². The topological polar surface area (TPSA) is 91.2 Å². The van der Waals surface area contributed by atoms with E-state index in [9.17, 15) is 4.21 Å². The van der Waals surface area contributed by atoms with Crippen LogP contribution in [0.1, 0.15) is 0 Å². The fraction of sp³-hybridized carbons (Fsp3) is 0. The zero-order valence-electron chi connectivity index (χ0n) is 3.64. The van der Waals surface area contributed by atoms with Crippen molar-refractivity contribution in [3.05, 3.63) is 0 Å². The first-order chi connectivity index (χ1) is 3.77. The van der Waals surface area contributed by atoms with E-state index < -0.39 is 11.1 Å². The van der Waals surface area contributed by atoms with Crippen molar-refractivity contribution in [2.45, 2.75) is 0 Å². The summed E-state index contributed by atoms with van der Waals surface area (Å²) in [5.41, 5.74) is 2.19. The smallest absolute Gasteiger partial charge is 0.199 e. The van der Waals surface area contributed by atoms with Gasteiger partial charge in [-0.2, -0.15) is 5.59 Å². The first-order valence-corrected chi connectivity index (χ1v) is 2.62. The molecule has 0 fully saturated rings. The van der Waals surface area contributed by atoms with Crippen molar-refractivity contribution in [3.8, 4) is 0 Å². The zero-order valence-corrected chi connectivity index (χ0v) is 4.46. The molecule has 6 nitrogen and oxygen atoms in total. The van der Waals surface area contributed by atoms with Gasteiger partial charge in [0.05, 0.1) is 0 Å². The number of hydrogen-bond acceptors (Lipinski definition) is 5. The van der Waals surface area contributed by atoms with E-state index in [1.54, 1.807) is 5.59 Å². The van der Waals surface area contributed by atoms with E-state index in [2.05, 4.69) is 10.1 Å². The van der Waals surface area contributed by atoms with E-state index in [0.29, 0.717) is 5.55 Å². The van der Waals surface area contributed by atoms with Crippen molar-refractivity contribution in [3.63, 3.8) is 0 Å². The molecule has 0 heterocycles. The Kier molecular flexibility index (Phi) is 4.36. The molecular weight excluding hydrogens is 136 g/mol. The molecule has 0 radical (unpaired) electrons. The quantitative estimate of drug-likeness (QED) is 0.156. The van der Waals surface area contributed by atoms with Crippen molar-refractivity contribution in [1.29, 1.82) is 0 Å². The van der Waals surface area contributed by atoms with Gasteiger partial charge >= 0.3 is 0 Å². The van der Waals surface area contributed by atoms with Gasteiger partial charge in [0, 0.05) is 0 Å². The van der Waals surface area contributed by atoms with Crippen LogP contribution in [0, 0.1) is 0 Å². The molecule has 7 heteroatoms. The zero-order chi connectivity index (χ0) is 6.41. The lowest BCUT2D eigenvalue weighted by atomic mass is 11.7. The molecule has 3 N–H and O–H groups in total. The fourth-order valence-electron chi connectivity index (χ4n) is 0.0902. The molecule has 0 amide bonds. The van der Waals surface area contributed by atoms with Crippen molar-refractivity contribution in [2.24, 2.45) is 5.10 Å². The van der Waals surface area contributed by atoms with Crippen LogP contribution >= 0.6 is 0 Å². The Balaban J connectivity index is 3.20. The van der Waals surface area contributed by atoms with Crippen molar-refractivity contribution < 1.29 is 19.0 Å². The van der Waals surface area contributed by atoms with E-state index >= 15 is 0 Å². The lowest BCUT2D eigenvalue weighted by Gasteiger charge is -1.85. The van der Waals surface area contributed by atoms with E-state index in [1.807, 2.05) is 0 Å². The minimum atomic E-state index is -2.11. The Morgan fingerprint density at radius 2 is 2.50 bits per heavy atom. The van der Waals surface area contributed by atoms with Crippen LogP contribution in [0.15, 0.2) is 5.10 Å². The summed E-state index contributed by atoms with van der Waals surface area (Å²) < 4.78 is 17.6. The Bertz CT molecular complexity index is 102. The molecule has 0 aromatic heterocycles. The van der Waals surface area contributed by atoms with Crippen LogP contribution in [0.4, 0.5) is 0 Å². The second-order valence-corrected chi connectivity index (χ2v) is 1.46. The average molecular weight is 140 g/mol. The predicted molar refractivity (Wildman–Crippen MR) is 26.1 cm³/mol. The summed E-state index contributed by atoms with van der Waals surface area (Å²) in [4.78, 5) is 3.20. The number of rotatable bonds is 3. The van der Waals surface area contributed by atoms with Gasteiger partial charge in [0.25, 0.3) is 0 Å². The summed E-state index contributed by atoms with van der Waals surface area (Å²) in [6.45, 7) is 0. The van der Waals surface area contributed by atoms with Crippen LogP contribution in [-0.2, 0) is 16.1 Å². The van der Waals surface area contributed by atoms with Crippen LogP contribution in [0.25, 0.3) is 0 Å². The van der Waals surface area contributed by atoms with Crippen LogP contribution in [0.5, 0.6) is 0 Å². The Morgan fingerprint density at radius 1 is 1.88 bits per heavy atom. The summed E-state index contributed by atoms with van der Waals surface area (Å²) in [6.07, 6.45) is 0. The Morgan fingerprint density at radius 3 is 2.88 bits per heavy atom. The maximum absolute atomic E-state index is 9.66. The third kappa shape index (κ3) is 5.50. The van der Waals surface area contributed by atoms with Gasteiger partial charge in [-0.1, -0.05) is 4.99 Å². The molecule has 0 spiro atoms. The number of nitrogens with zero attached hydrogens (tertiary/aromatic N) is 1. The van der Waals surface area contributed by atoms with Gasteiger partial charge in [-0.25, -0.2) is 9.47 Å². The molecule has 48 valence electrons. The standard InChI is InChI=1S/CH4N2O4S/c4-7-3-2-1-8(5)6/h1,3-4H,(H,5,6). The van der Waals surface area contributed by atoms with Gasteiger partial charge in [0.15, 0.2) is 11.1 Å². The van der Waals surface area contributed by atoms with Crippen LogP contribution < -0.4 is 5.59 Å². The van der Waals surface area contributed by atoms with Gasteiger partial charge in [-0.05, 0) is 0 Å². The molecule has 0 saturated heterocycles. The lowest BCUT2D eigenvalue weighted by molar-refractivity contribution is -0.291. The molecular formula is CH4N2O4S. The normalized spacial score (nSPS) is 14.2. The lowest BCUT2D eigenvalue weighted by Crippen LogP contribution is -2.03. The molecule has 0 aliphatic heterocycles. The molecule has 1 atom stereocenters. The Hall–Kier alpha value is -0.500. The summed E-state index contributed by atoms with van der Waals surface area (Å²) >= 11 is -2.11. The van der Waals surface area contributed by atoms with E-state index in [1.165, 1.54) is 0 Å². The van der Waals surface area contributed by atoms with Gasteiger partial charge < -0.3 is 4.55 Å². The third-order valence-electron chi connectivity index (χ3n) is 0.236. The van der Waals surface area contributed by atoms with E-state index in [-0.39, 0.29) is 0 Å². The second-order valence-electron chi connectivity index (χ2n) is 0.693. The largest absolute Gasteiger partial charge is 0.301 e. The Labute approximate surface area is 47.3 Å². The van der Waals surface area contributed by atoms with Gasteiger partial charge in [-0.3, -0.25) is 0 Å². The van der Waals surface area contributed by atoms with E-state index in [4.69, 9.17) is 9.81 Å². The highest BCUT2D eigenvalue weighted by molar-refractivity contribution is 7.93. The van der Waals surface area contributed by atoms with Crippen LogP contribution in [0.3, 0.4) is 0 Å². The first-order valence-electron chi connectivity index (χ1n) is 1.45.